The first-order chi connectivity index (χ1) is 15.3. The number of halogens is 3. The molecule has 0 saturated heterocycles. The van der Waals surface area contributed by atoms with E-state index in [9.17, 15) is 9.59 Å². The molecule has 0 radical (unpaired) electrons. The molecule has 0 spiro atoms. The van der Waals surface area contributed by atoms with Crippen LogP contribution >= 0.6 is 36.4 Å². The number of amidine groups is 1. The van der Waals surface area contributed by atoms with E-state index in [4.69, 9.17) is 11.6 Å². The van der Waals surface area contributed by atoms with Crippen molar-refractivity contribution < 1.29 is 9.59 Å². The van der Waals surface area contributed by atoms with Gasteiger partial charge in [0.1, 0.15) is 16.9 Å². The highest BCUT2D eigenvalue weighted by Gasteiger charge is 2.50. The number of carbonyl (C=O) groups is 2. The zero-order chi connectivity index (χ0) is 23.0. The monoisotopic (exact) mass is 524 g/mol. The summed E-state index contributed by atoms with van der Waals surface area (Å²) >= 11 is 6.01. The number of rotatable bonds is 7. The average molecular weight is 526 g/mol. The molecule has 1 aromatic carbocycles. The molecule has 2 heterocycles. The van der Waals surface area contributed by atoms with Crippen molar-refractivity contribution >= 4 is 65.7 Å². The van der Waals surface area contributed by atoms with Gasteiger partial charge < -0.3 is 4.90 Å². The highest BCUT2D eigenvalue weighted by Crippen LogP contribution is 2.41. The zero-order valence-electron chi connectivity index (χ0n) is 19.9. The first-order valence-electron chi connectivity index (χ1n) is 11.3. The van der Waals surface area contributed by atoms with E-state index >= 15 is 0 Å². The second kappa shape index (κ2) is 11.3. The molecule has 9 heteroatoms. The Morgan fingerprint density at radius 2 is 1.68 bits per heavy atom. The summed E-state index contributed by atoms with van der Waals surface area (Å²) in [4.78, 5) is 43.1. The van der Waals surface area contributed by atoms with Gasteiger partial charge >= 0.3 is 0 Å². The van der Waals surface area contributed by atoms with Gasteiger partial charge in [-0.15, -0.1) is 24.8 Å². The molecule has 2 unspecified atom stereocenters. The Morgan fingerprint density at radius 3 is 2.29 bits per heavy atom. The lowest BCUT2D eigenvalue weighted by Gasteiger charge is -2.37. The summed E-state index contributed by atoms with van der Waals surface area (Å²) in [6.45, 7) is 10.7. The smallest absolute Gasteiger partial charge is 0.187 e. The van der Waals surface area contributed by atoms with Gasteiger partial charge in [-0.05, 0) is 70.6 Å². The molecular weight excluding hydrogens is 495 g/mol. The van der Waals surface area contributed by atoms with Crippen LogP contribution in [0.4, 0.5) is 0 Å². The van der Waals surface area contributed by atoms with Gasteiger partial charge in [-0.1, -0.05) is 25.4 Å². The van der Waals surface area contributed by atoms with Crippen molar-refractivity contribution in [3.8, 4) is 0 Å². The molecule has 34 heavy (non-hydrogen) atoms. The van der Waals surface area contributed by atoms with Crippen LogP contribution in [0.25, 0.3) is 0 Å². The van der Waals surface area contributed by atoms with E-state index in [0.29, 0.717) is 28.7 Å². The molecule has 0 fully saturated rings. The van der Waals surface area contributed by atoms with Gasteiger partial charge in [0.15, 0.2) is 17.4 Å². The average Bonchev–Trinajstić information content (AvgIpc) is 3.22. The maximum atomic E-state index is 13.6. The number of allylic oxidation sites excluding steroid dienone is 2. The summed E-state index contributed by atoms with van der Waals surface area (Å²) in [6.07, 6.45) is 3.23. The molecule has 4 rings (SSSR count). The molecule has 0 bridgehead atoms. The Morgan fingerprint density at radius 1 is 1.03 bits per heavy atom. The third-order valence-electron chi connectivity index (χ3n) is 6.64. The second-order valence-electron chi connectivity index (χ2n) is 9.01. The van der Waals surface area contributed by atoms with Gasteiger partial charge in [0, 0.05) is 28.3 Å². The standard InChI is InChI=1S/C25H29ClN4O2.2ClH/c1-5-30(6-2)13-7-8-17-19-18(14-27-25(3,4)23(19)32)20-21(22(17)31)29-24(28-20)15-9-11-16(26)12-10-15;;/h9-12,14,17,19H,5-8,13H2,1-4H3;2*1H. The van der Waals surface area contributed by atoms with E-state index in [0.717, 1.165) is 37.2 Å². The van der Waals surface area contributed by atoms with Crippen LogP contribution in [0.3, 0.4) is 0 Å². The Bertz CT molecular complexity index is 1070. The van der Waals surface area contributed by atoms with Crippen LogP contribution in [0.5, 0.6) is 0 Å². The number of ketones is 2. The van der Waals surface area contributed by atoms with Gasteiger partial charge in [-0.2, -0.15) is 0 Å². The fourth-order valence-corrected chi connectivity index (χ4v) is 4.77. The molecule has 0 saturated carbocycles. The number of nitrogens with zero attached hydrogens (tertiary/aromatic N) is 4. The first-order valence-corrected chi connectivity index (χ1v) is 11.7. The molecule has 184 valence electrons. The Kier molecular flexibility index (Phi) is 9.39. The van der Waals surface area contributed by atoms with Crippen LogP contribution < -0.4 is 0 Å². The lowest BCUT2D eigenvalue weighted by Crippen LogP contribution is -2.49. The van der Waals surface area contributed by atoms with Crippen LogP contribution in [0, 0.1) is 11.8 Å². The Balaban J connectivity index is 0.00000204. The minimum absolute atomic E-state index is 0. The minimum Gasteiger partial charge on any atom is -0.304 e. The summed E-state index contributed by atoms with van der Waals surface area (Å²) in [5.41, 5.74) is 1.52. The summed E-state index contributed by atoms with van der Waals surface area (Å²) in [5, 5.41) is 0.621. The zero-order valence-corrected chi connectivity index (χ0v) is 22.3. The Hall–Kier alpha value is -1.86. The highest BCUT2D eigenvalue weighted by molar-refractivity contribution is 6.52. The molecule has 0 amide bonds. The molecule has 1 aliphatic carbocycles. The second-order valence-corrected chi connectivity index (χ2v) is 9.44. The summed E-state index contributed by atoms with van der Waals surface area (Å²) in [6, 6.07) is 7.21. The van der Waals surface area contributed by atoms with E-state index in [-0.39, 0.29) is 36.4 Å². The van der Waals surface area contributed by atoms with Gasteiger partial charge in [0.05, 0.1) is 5.92 Å². The van der Waals surface area contributed by atoms with Gasteiger partial charge in [-0.3, -0.25) is 14.6 Å². The number of carbonyl (C=O) groups excluding carboxylic acids is 2. The summed E-state index contributed by atoms with van der Waals surface area (Å²) in [5.74, 6) is -0.575. The van der Waals surface area contributed by atoms with E-state index in [1.807, 2.05) is 26.0 Å². The van der Waals surface area contributed by atoms with Gasteiger partial charge in [-0.25, -0.2) is 9.98 Å². The van der Waals surface area contributed by atoms with Crippen LogP contribution in [-0.2, 0) is 9.59 Å². The number of benzene rings is 1. The third-order valence-corrected chi connectivity index (χ3v) is 6.89. The molecule has 3 aliphatic rings. The van der Waals surface area contributed by atoms with E-state index in [2.05, 4.69) is 33.7 Å². The maximum absolute atomic E-state index is 13.6. The normalized spacial score (nSPS) is 22.5. The topological polar surface area (TPSA) is 74.5 Å². The van der Waals surface area contributed by atoms with Crippen molar-refractivity contribution in [1.82, 2.24) is 4.90 Å². The fraction of sp³-hybridized carbons (Fsp3) is 0.480. The maximum Gasteiger partial charge on any atom is 0.187 e. The van der Waals surface area contributed by atoms with Gasteiger partial charge in [0.25, 0.3) is 0 Å². The molecule has 2 aliphatic heterocycles. The number of Topliss-reactive ketones (excluding diaryl/α,β-unsaturated/α-hetero) is 2. The number of hydrogen-bond acceptors (Lipinski definition) is 6. The van der Waals surface area contributed by atoms with E-state index in [1.54, 1.807) is 18.3 Å². The number of fused-ring (bicyclic) bond motifs is 2. The molecule has 6 nitrogen and oxygen atoms in total. The first kappa shape index (κ1) is 28.4. The van der Waals surface area contributed by atoms with Crippen molar-refractivity contribution in [2.75, 3.05) is 19.6 Å². The summed E-state index contributed by atoms with van der Waals surface area (Å²) < 4.78 is 0. The summed E-state index contributed by atoms with van der Waals surface area (Å²) in [7, 11) is 0. The quantitative estimate of drug-likeness (QED) is 0.502. The van der Waals surface area contributed by atoms with Crippen molar-refractivity contribution in [2.45, 2.75) is 46.1 Å². The van der Waals surface area contributed by atoms with Crippen LogP contribution in [0.15, 0.2) is 50.5 Å². The van der Waals surface area contributed by atoms with Crippen molar-refractivity contribution in [3.63, 3.8) is 0 Å². The van der Waals surface area contributed by atoms with Crippen molar-refractivity contribution in [1.29, 1.82) is 0 Å². The largest absolute Gasteiger partial charge is 0.304 e. The van der Waals surface area contributed by atoms with Crippen molar-refractivity contribution in [2.24, 2.45) is 26.8 Å². The predicted octanol–water partition coefficient (Wildman–Crippen LogP) is 5.01. The molecular formula is C25H31Cl3N4O2. The lowest BCUT2D eigenvalue weighted by atomic mass is 9.67. The molecule has 0 aromatic heterocycles. The van der Waals surface area contributed by atoms with Crippen LogP contribution in [0.1, 0.15) is 46.1 Å². The number of aliphatic imine (C=N–C) groups is 3. The molecule has 0 N–H and O–H groups in total. The Labute approximate surface area is 218 Å². The number of hydrogen-bond donors (Lipinski definition) is 0. The molecule has 2 atom stereocenters. The predicted molar refractivity (Wildman–Crippen MR) is 144 cm³/mol. The van der Waals surface area contributed by atoms with Crippen LogP contribution in [-0.4, -0.2) is 59.4 Å². The minimum atomic E-state index is -0.845. The van der Waals surface area contributed by atoms with Crippen LogP contribution in [0.2, 0.25) is 5.02 Å². The SMILES string of the molecule is CCN(CC)CCCC1C(=O)C2=NC(c3ccc(Cl)cc3)=NC2=C2C=NC(C)(C)C(=O)C21.Cl.Cl. The fourth-order valence-electron chi connectivity index (χ4n) is 4.65. The van der Waals surface area contributed by atoms with Crippen molar-refractivity contribution in [3.05, 3.63) is 46.1 Å². The van der Waals surface area contributed by atoms with E-state index in [1.165, 1.54) is 0 Å². The lowest BCUT2D eigenvalue weighted by molar-refractivity contribution is -0.131. The third kappa shape index (κ3) is 5.20. The van der Waals surface area contributed by atoms with Gasteiger partial charge in [0.2, 0.25) is 0 Å². The molecule has 1 aromatic rings. The van der Waals surface area contributed by atoms with E-state index < -0.39 is 17.4 Å². The highest BCUT2D eigenvalue weighted by atomic mass is 35.5.